The highest BCUT2D eigenvalue weighted by molar-refractivity contribution is 9.10. The van der Waals surface area contributed by atoms with Crippen LogP contribution >= 0.6 is 15.9 Å². The van der Waals surface area contributed by atoms with E-state index in [1.807, 2.05) is 6.07 Å². The van der Waals surface area contributed by atoms with Crippen LogP contribution in [0.15, 0.2) is 22.7 Å². The minimum Gasteiger partial charge on any atom is -0.508 e. The van der Waals surface area contributed by atoms with Gasteiger partial charge in [-0.2, -0.15) is 0 Å². The molecular formula is C9H10BrNO. The van der Waals surface area contributed by atoms with E-state index in [2.05, 4.69) is 15.9 Å². The van der Waals surface area contributed by atoms with Crippen LogP contribution in [0.5, 0.6) is 5.75 Å². The molecule has 0 aliphatic heterocycles. The van der Waals surface area contributed by atoms with Crippen molar-refractivity contribution in [3.05, 3.63) is 28.2 Å². The van der Waals surface area contributed by atoms with Crippen LogP contribution in [0, 0.1) is 0 Å². The van der Waals surface area contributed by atoms with Crippen LogP contribution in [0.25, 0.3) is 0 Å². The van der Waals surface area contributed by atoms with Crippen molar-refractivity contribution in [1.29, 1.82) is 0 Å². The van der Waals surface area contributed by atoms with Crippen molar-refractivity contribution in [1.82, 2.24) is 0 Å². The molecule has 1 aliphatic rings. The zero-order valence-corrected chi connectivity index (χ0v) is 8.08. The van der Waals surface area contributed by atoms with Gasteiger partial charge in [-0.1, -0.05) is 15.9 Å². The largest absolute Gasteiger partial charge is 0.508 e. The predicted octanol–water partition coefficient (Wildman–Crippen LogP) is 1.97. The summed E-state index contributed by atoms with van der Waals surface area (Å²) < 4.78 is 1.04. The number of rotatable bonds is 1. The van der Waals surface area contributed by atoms with Gasteiger partial charge in [-0.05, 0) is 30.2 Å². The molecule has 0 radical (unpaired) electrons. The number of benzene rings is 1. The predicted molar refractivity (Wildman–Crippen MR) is 51.1 cm³/mol. The Morgan fingerprint density at radius 3 is 2.75 bits per heavy atom. The third-order valence-electron chi connectivity index (χ3n) is 2.22. The quantitative estimate of drug-likeness (QED) is 0.771. The summed E-state index contributed by atoms with van der Waals surface area (Å²) in [5.41, 5.74) is 6.84. The maximum Gasteiger partial charge on any atom is 0.115 e. The smallest absolute Gasteiger partial charge is 0.115 e. The molecule has 0 aromatic heterocycles. The van der Waals surface area contributed by atoms with Crippen molar-refractivity contribution in [2.45, 2.75) is 18.4 Å². The summed E-state index contributed by atoms with van der Waals surface area (Å²) in [4.78, 5) is 0. The molecule has 2 rings (SSSR count). The average Bonchev–Trinajstić information content (AvgIpc) is 2.73. The van der Waals surface area contributed by atoms with Crippen molar-refractivity contribution in [2.24, 2.45) is 5.73 Å². The lowest BCUT2D eigenvalue weighted by Gasteiger charge is -2.02. The molecule has 12 heavy (non-hydrogen) atoms. The Morgan fingerprint density at radius 1 is 1.50 bits per heavy atom. The SMILES string of the molecule is N[C@@H]1C[C@H]1c1cc(O)ccc1Br. The van der Waals surface area contributed by atoms with E-state index in [4.69, 9.17) is 5.73 Å². The highest BCUT2D eigenvalue weighted by atomic mass is 79.9. The zero-order valence-electron chi connectivity index (χ0n) is 6.50. The molecule has 1 aromatic carbocycles. The maximum absolute atomic E-state index is 9.24. The van der Waals surface area contributed by atoms with Gasteiger partial charge < -0.3 is 10.8 Å². The highest BCUT2D eigenvalue weighted by Crippen LogP contribution is 2.43. The Kier molecular flexibility index (Phi) is 1.85. The molecule has 0 saturated heterocycles. The van der Waals surface area contributed by atoms with Gasteiger partial charge in [0.15, 0.2) is 0 Å². The molecule has 2 nitrogen and oxygen atoms in total. The average molecular weight is 228 g/mol. The van der Waals surface area contributed by atoms with Gasteiger partial charge in [-0.3, -0.25) is 0 Å². The molecule has 3 N–H and O–H groups in total. The van der Waals surface area contributed by atoms with Crippen molar-refractivity contribution in [3.8, 4) is 5.75 Å². The first-order valence-electron chi connectivity index (χ1n) is 3.92. The summed E-state index contributed by atoms with van der Waals surface area (Å²) in [6.45, 7) is 0. The van der Waals surface area contributed by atoms with Gasteiger partial charge in [0.05, 0.1) is 0 Å². The summed E-state index contributed by atoms with van der Waals surface area (Å²) in [7, 11) is 0. The van der Waals surface area contributed by atoms with E-state index in [-0.39, 0.29) is 6.04 Å². The minimum absolute atomic E-state index is 0.281. The Labute approximate surface area is 79.5 Å². The molecule has 2 atom stereocenters. The first-order chi connectivity index (χ1) is 5.68. The van der Waals surface area contributed by atoms with Gasteiger partial charge in [0, 0.05) is 16.4 Å². The summed E-state index contributed by atoms with van der Waals surface area (Å²) in [6.07, 6.45) is 1.03. The number of phenols is 1. The molecule has 3 heteroatoms. The van der Waals surface area contributed by atoms with E-state index in [0.29, 0.717) is 11.7 Å². The Hall–Kier alpha value is -0.540. The lowest BCUT2D eigenvalue weighted by molar-refractivity contribution is 0.474. The summed E-state index contributed by atoms with van der Waals surface area (Å²) in [5.74, 6) is 0.749. The first-order valence-corrected chi connectivity index (χ1v) is 4.72. The third kappa shape index (κ3) is 1.34. The molecule has 0 amide bonds. The molecule has 1 fully saturated rings. The van der Waals surface area contributed by atoms with Gasteiger partial charge in [0.25, 0.3) is 0 Å². The molecule has 0 bridgehead atoms. The van der Waals surface area contributed by atoms with E-state index in [1.165, 1.54) is 0 Å². The number of nitrogens with two attached hydrogens (primary N) is 1. The minimum atomic E-state index is 0.281. The normalized spacial score (nSPS) is 27.2. The standard InChI is InChI=1S/C9H10BrNO/c10-8-2-1-5(12)3-6(8)7-4-9(7)11/h1-3,7,9,12H,4,11H2/t7-,9+/m0/s1. The van der Waals surface area contributed by atoms with Crippen LogP contribution < -0.4 is 5.73 Å². The first kappa shape index (κ1) is 8.08. The van der Waals surface area contributed by atoms with Crippen LogP contribution in [0.2, 0.25) is 0 Å². The second-order valence-electron chi connectivity index (χ2n) is 3.21. The van der Waals surface area contributed by atoms with Crippen molar-refractivity contribution in [3.63, 3.8) is 0 Å². The topological polar surface area (TPSA) is 46.2 Å². The second kappa shape index (κ2) is 2.75. The van der Waals surface area contributed by atoms with Gasteiger partial charge >= 0.3 is 0 Å². The zero-order chi connectivity index (χ0) is 8.72. The Balaban J connectivity index is 2.36. The molecule has 1 aliphatic carbocycles. The van der Waals surface area contributed by atoms with Crippen LogP contribution in [0.3, 0.4) is 0 Å². The number of hydrogen-bond acceptors (Lipinski definition) is 2. The third-order valence-corrected chi connectivity index (χ3v) is 2.94. The summed E-state index contributed by atoms with van der Waals surface area (Å²) in [5, 5.41) is 9.24. The van der Waals surface area contributed by atoms with E-state index < -0.39 is 0 Å². The van der Waals surface area contributed by atoms with Crippen LogP contribution in [-0.2, 0) is 0 Å². The number of hydrogen-bond donors (Lipinski definition) is 2. The lowest BCUT2D eigenvalue weighted by Crippen LogP contribution is -2.01. The van der Waals surface area contributed by atoms with Gasteiger partial charge in [0.2, 0.25) is 0 Å². The number of halogens is 1. The number of aromatic hydroxyl groups is 1. The molecular weight excluding hydrogens is 218 g/mol. The molecule has 0 unspecified atom stereocenters. The number of phenolic OH excluding ortho intramolecular Hbond substituents is 1. The van der Waals surface area contributed by atoms with Crippen LogP contribution in [-0.4, -0.2) is 11.1 Å². The van der Waals surface area contributed by atoms with E-state index in [0.717, 1.165) is 16.5 Å². The summed E-state index contributed by atoms with van der Waals surface area (Å²) in [6, 6.07) is 5.59. The fourth-order valence-corrected chi connectivity index (χ4v) is 1.93. The van der Waals surface area contributed by atoms with Crippen molar-refractivity contribution in [2.75, 3.05) is 0 Å². The molecule has 0 spiro atoms. The second-order valence-corrected chi connectivity index (χ2v) is 4.07. The Bertz CT molecular complexity index is 313. The molecule has 1 saturated carbocycles. The van der Waals surface area contributed by atoms with Crippen LogP contribution in [0.4, 0.5) is 0 Å². The monoisotopic (exact) mass is 227 g/mol. The van der Waals surface area contributed by atoms with Gasteiger partial charge in [0.1, 0.15) is 5.75 Å². The van der Waals surface area contributed by atoms with E-state index >= 15 is 0 Å². The van der Waals surface area contributed by atoms with Crippen LogP contribution in [0.1, 0.15) is 17.9 Å². The molecule has 0 heterocycles. The fourth-order valence-electron chi connectivity index (χ4n) is 1.39. The van der Waals surface area contributed by atoms with E-state index in [9.17, 15) is 5.11 Å². The Morgan fingerprint density at radius 2 is 2.17 bits per heavy atom. The van der Waals surface area contributed by atoms with Gasteiger partial charge in [-0.15, -0.1) is 0 Å². The van der Waals surface area contributed by atoms with Crippen molar-refractivity contribution < 1.29 is 5.11 Å². The van der Waals surface area contributed by atoms with Gasteiger partial charge in [-0.25, -0.2) is 0 Å². The van der Waals surface area contributed by atoms with E-state index in [1.54, 1.807) is 12.1 Å². The maximum atomic E-state index is 9.24. The molecule has 64 valence electrons. The van der Waals surface area contributed by atoms with Crippen molar-refractivity contribution >= 4 is 15.9 Å². The summed E-state index contributed by atoms with van der Waals surface area (Å²) >= 11 is 3.43. The highest BCUT2D eigenvalue weighted by Gasteiger charge is 2.36. The molecule has 1 aromatic rings. The lowest BCUT2D eigenvalue weighted by atomic mass is 10.1. The fraction of sp³-hybridized carbons (Fsp3) is 0.333.